The number of rotatable bonds is 7. The number of amides is 1. The van der Waals surface area contributed by atoms with Crippen LogP contribution in [-0.2, 0) is 11.3 Å². The second-order valence-electron chi connectivity index (χ2n) is 8.88. The molecule has 4 N–H and O–H groups in total. The number of likely N-dealkylation sites (tertiary alicyclic amines) is 1. The van der Waals surface area contributed by atoms with Gasteiger partial charge in [0.05, 0.1) is 28.5 Å². The molecule has 12 heteroatoms. The lowest BCUT2D eigenvalue weighted by Gasteiger charge is -2.30. The molecule has 0 radical (unpaired) electrons. The average molecular weight is 491 g/mol. The van der Waals surface area contributed by atoms with Gasteiger partial charge in [-0.05, 0) is 56.5 Å². The van der Waals surface area contributed by atoms with E-state index < -0.39 is 0 Å². The second-order valence-corrected chi connectivity index (χ2v) is 9.26. The Morgan fingerprint density at radius 1 is 1.20 bits per heavy atom. The molecule has 178 valence electrons. The van der Waals surface area contributed by atoms with Crippen LogP contribution in [0.25, 0.3) is 5.65 Å². The number of primary amides is 1. The standard InChI is InChI=1S/C23H23ClN10O/c24-19-15(12-33-5-3-14(4-6-33)20(27)35)7-13(9-25)8-18(19)30-23-31-21(29-16-1-2-16)22-28-11-17(10-26)34(22)32-23/h7-8,11,14,16H,1-6,12H2,(H2,27,35)(H2,29,30,31,32). The first-order valence-electron chi connectivity index (χ1n) is 11.4. The topological polar surface area (TPSA) is 161 Å². The van der Waals surface area contributed by atoms with E-state index in [2.05, 4.69) is 42.7 Å². The number of anilines is 3. The molecule has 0 spiro atoms. The molecular weight excluding hydrogens is 468 g/mol. The summed E-state index contributed by atoms with van der Waals surface area (Å²) in [5.74, 6) is 0.388. The van der Waals surface area contributed by atoms with Gasteiger partial charge >= 0.3 is 0 Å². The zero-order chi connectivity index (χ0) is 24.5. The fourth-order valence-electron chi connectivity index (χ4n) is 4.22. The van der Waals surface area contributed by atoms with E-state index in [9.17, 15) is 15.3 Å². The van der Waals surface area contributed by atoms with Gasteiger partial charge in [0.15, 0.2) is 17.2 Å². The number of carbonyl (C=O) groups is 1. The molecule has 1 amide bonds. The van der Waals surface area contributed by atoms with Gasteiger partial charge in [-0.1, -0.05) is 11.6 Å². The zero-order valence-electron chi connectivity index (χ0n) is 18.8. The third kappa shape index (κ3) is 4.83. The fraction of sp³-hybridized carbons (Fsp3) is 0.391. The first-order valence-corrected chi connectivity index (χ1v) is 11.8. The number of piperidine rings is 1. The molecule has 2 aromatic heterocycles. The Kier molecular flexibility index (Phi) is 6.12. The van der Waals surface area contributed by atoms with Gasteiger partial charge in [-0.2, -0.15) is 20.0 Å². The molecule has 2 fully saturated rings. The number of nitriles is 2. The monoisotopic (exact) mass is 490 g/mol. The van der Waals surface area contributed by atoms with E-state index in [-0.39, 0.29) is 23.5 Å². The summed E-state index contributed by atoms with van der Waals surface area (Å²) in [5, 5.41) is 30.4. The van der Waals surface area contributed by atoms with Crippen LogP contribution in [0.2, 0.25) is 5.02 Å². The van der Waals surface area contributed by atoms with Gasteiger partial charge in [-0.25, -0.2) is 4.98 Å². The van der Waals surface area contributed by atoms with Crippen LogP contribution in [0.15, 0.2) is 18.3 Å². The van der Waals surface area contributed by atoms with Crippen LogP contribution in [0.3, 0.4) is 0 Å². The van der Waals surface area contributed by atoms with Crippen molar-refractivity contribution in [1.29, 1.82) is 10.5 Å². The average Bonchev–Trinajstić information content (AvgIpc) is 3.57. The van der Waals surface area contributed by atoms with E-state index >= 15 is 0 Å². The molecule has 0 bridgehead atoms. The van der Waals surface area contributed by atoms with Gasteiger partial charge in [0.25, 0.3) is 0 Å². The van der Waals surface area contributed by atoms with Gasteiger partial charge < -0.3 is 16.4 Å². The smallest absolute Gasteiger partial charge is 0.247 e. The van der Waals surface area contributed by atoms with Crippen LogP contribution in [0.4, 0.5) is 17.5 Å². The van der Waals surface area contributed by atoms with Crippen molar-refractivity contribution in [2.24, 2.45) is 11.7 Å². The van der Waals surface area contributed by atoms with Crippen LogP contribution in [0, 0.1) is 28.6 Å². The van der Waals surface area contributed by atoms with Gasteiger partial charge in [-0.3, -0.25) is 9.69 Å². The number of benzene rings is 1. The van der Waals surface area contributed by atoms with Crippen molar-refractivity contribution in [3.8, 4) is 12.1 Å². The van der Waals surface area contributed by atoms with Crippen LogP contribution in [-0.4, -0.2) is 49.5 Å². The molecule has 0 atom stereocenters. The molecule has 1 saturated heterocycles. The van der Waals surface area contributed by atoms with Gasteiger partial charge in [0.2, 0.25) is 11.9 Å². The van der Waals surface area contributed by atoms with Crippen molar-refractivity contribution in [2.75, 3.05) is 23.7 Å². The number of hydrogen-bond donors (Lipinski definition) is 3. The summed E-state index contributed by atoms with van der Waals surface area (Å²) in [7, 11) is 0. The lowest BCUT2D eigenvalue weighted by atomic mass is 9.96. The highest BCUT2D eigenvalue weighted by atomic mass is 35.5. The Morgan fingerprint density at radius 3 is 2.63 bits per heavy atom. The van der Waals surface area contributed by atoms with E-state index in [0.717, 1.165) is 31.5 Å². The Bertz CT molecular complexity index is 1380. The zero-order valence-corrected chi connectivity index (χ0v) is 19.6. The third-order valence-corrected chi connectivity index (χ3v) is 6.75. The maximum Gasteiger partial charge on any atom is 0.247 e. The lowest BCUT2D eigenvalue weighted by molar-refractivity contribution is -0.123. The van der Waals surface area contributed by atoms with Crippen molar-refractivity contribution < 1.29 is 4.79 Å². The molecule has 3 aromatic rings. The van der Waals surface area contributed by atoms with Gasteiger partial charge in [0.1, 0.15) is 6.07 Å². The predicted molar refractivity (Wildman–Crippen MR) is 129 cm³/mol. The number of nitrogens with one attached hydrogen (secondary N) is 2. The summed E-state index contributed by atoms with van der Waals surface area (Å²) < 4.78 is 1.44. The molecule has 1 aromatic carbocycles. The summed E-state index contributed by atoms with van der Waals surface area (Å²) in [6.07, 6.45) is 4.94. The van der Waals surface area contributed by atoms with Crippen LogP contribution in [0.1, 0.15) is 42.5 Å². The highest BCUT2D eigenvalue weighted by molar-refractivity contribution is 6.34. The van der Waals surface area contributed by atoms with E-state index in [0.29, 0.717) is 53.2 Å². The largest absolute Gasteiger partial charge is 0.369 e. The minimum atomic E-state index is -0.259. The minimum Gasteiger partial charge on any atom is -0.369 e. The Morgan fingerprint density at radius 2 is 1.97 bits per heavy atom. The number of hydrogen-bond acceptors (Lipinski definition) is 9. The van der Waals surface area contributed by atoms with Crippen molar-refractivity contribution in [1.82, 2.24) is 24.5 Å². The number of fused-ring (bicyclic) bond motifs is 1. The molecule has 5 rings (SSSR count). The van der Waals surface area contributed by atoms with Gasteiger partial charge in [0, 0.05) is 18.5 Å². The quantitative estimate of drug-likeness (QED) is 0.451. The first kappa shape index (κ1) is 22.8. The van der Waals surface area contributed by atoms with Crippen molar-refractivity contribution >= 4 is 40.6 Å². The molecule has 3 heterocycles. The van der Waals surface area contributed by atoms with Crippen LogP contribution < -0.4 is 16.4 Å². The summed E-state index contributed by atoms with van der Waals surface area (Å²) in [5.41, 5.74) is 7.90. The number of nitrogens with two attached hydrogens (primary N) is 1. The highest BCUT2D eigenvalue weighted by Gasteiger charge is 2.26. The number of aromatic nitrogens is 4. The molecule has 0 unspecified atom stereocenters. The molecule has 2 aliphatic rings. The normalized spacial score (nSPS) is 16.5. The highest BCUT2D eigenvalue weighted by Crippen LogP contribution is 2.32. The summed E-state index contributed by atoms with van der Waals surface area (Å²) in [4.78, 5) is 22.5. The number of nitrogens with zero attached hydrogens (tertiary/aromatic N) is 7. The molecule has 1 aliphatic heterocycles. The van der Waals surface area contributed by atoms with E-state index in [1.165, 1.54) is 10.7 Å². The number of halogens is 1. The maximum absolute atomic E-state index is 11.5. The van der Waals surface area contributed by atoms with Gasteiger partial charge in [-0.15, -0.1) is 5.10 Å². The second kappa shape index (κ2) is 9.37. The minimum absolute atomic E-state index is 0.101. The lowest BCUT2D eigenvalue weighted by Crippen LogP contribution is -2.38. The summed E-state index contributed by atoms with van der Waals surface area (Å²) in [6.45, 7) is 1.97. The van der Waals surface area contributed by atoms with Crippen molar-refractivity contribution in [3.63, 3.8) is 0 Å². The molecule has 1 saturated carbocycles. The SMILES string of the molecule is N#Cc1cc(CN2CCC(C(N)=O)CC2)c(Cl)c(Nc2nc(NC3CC3)c3ncc(C#N)n3n2)c1. The first-order chi connectivity index (χ1) is 16.9. The van der Waals surface area contributed by atoms with E-state index in [1.54, 1.807) is 12.1 Å². The Labute approximate surface area is 206 Å². The van der Waals surface area contributed by atoms with E-state index in [4.69, 9.17) is 17.3 Å². The Balaban J connectivity index is 1.44. The maximum atomic E-state index is 11.5. The van der Waals surface area contributed by atoms with Crippen LogP contribution in [0.5, 0.6) is 0 Å². The fourth-order valence-corrected chi connectivity index (χ4v) is 4.44. The Hall–Kier alpha value is -3.93. The molecule has 35 heavy (non-hydrogen) atoms. The molecule has 1 aliphatic carbocycles. The van der Waals surface area contributed by atoms with Crippen molar-refractivity contribution in [2.45, 2.75) is 38.3 Å². The third-order valence-electron chi connectivity index (χ3n) is 6.30. The molecular formula is C23H23ClN10O. The predicted octanol–water partition coefficient (Wildman–Crippen LogP) is 2.54. The number of carbonyl (C=O) groups excluding carboxylic acids is 1. The summed E-state index contributed by atoms with van der Waals surface area (Å²) >= 11 is 6.76. The van der Waals surface area contributed by atoms with E-state index in [1.807, 2.05) is 0 Å². The van der Waals surface area contributed by atoms with Crippen LogP contribution >= 0.6 is 11.6 Å². The molecule has 11 nitrogen and oxygen atoms in total. The number of imidazole rings is 1. The van der Waals surface area contributed by atoms with Crippen molar-refractivity contribution in [3.05, 3.63) is 40.2 Å². The summed E-state index contributed by atoms with van der Waals surface area (Å²) in [6, 6.07) is 7.99.